The van der Waals surface area contributed by atoms with Gasteiger partial charge in [0, 0.05) is 11.8 Å². The van der Waals surface area contributed by atoms with Crippen molar-refractivity contribution in [2.24, 2.45) is 0 Å². The Hall–Kier alpha value is -2.25. The van der Waals surface area contributed by atoms with E-state index in [0.717, 1.165) is 12.3 Å². The molecular formula is C10H5F4N3O. The molecule has 0 saturated heterocycles. The maximum absolute atomic E-state index is 13.3. The molecule has 2 aromatic rings. The van der Waals surface area contributed by atoms with Gasteiger partial charge < -0.3 is 4.98 Å². The van der Waals surface area contributed by atoms with Gasteiger partial charge in [-0.1, -0.05) is 0 Å². The molecule has 0 amide bonds. The first-order valence-corrected chi connectivity index (χ1v) is 4.66. The second kappa shape index (κ2) is 4.21. The number of nitrogens with one attached hydrogen (secondary N) is 1. The molecular weight excluding hydrogens is 254 g/mol. The fraction of sp³-hybridized carbons (Fsp3) is 0.100. The summed E-state index contributed by atoms with van der Waals surface area (Å²) in [7, 11) is 0. The zero-order chi connectivity index (χ0) is 13.3. The molecule has 2 aromatic heterocycles. The van der Waals surface area contributed by atoms with Gasteiger partial charge in [-0.25, -0.2) is 9.18 Å². The summed E-state index contributed by atoms with van der Waals surface area (Å²) in [6.45, 7) is 0. The predicted octanol–water partition coefficient (Wildman–Crippen LogP) is 1.99. The third kappa shape index (κ3) is 2.36. The van der Waals surface area contributed by atoms with E-state index in [1.165, 1.54) is 6.20 Å². The summed E-state index contributed by atoms with van der Waals surface area (Å²) in [6, 6.07) is 1.71. The van der Waals surface area contributed by atoms with Crippen LogP contribution in [0.2, 0.25) is 0 Å². The Kier molecular flexibility index (Phi) is 2.85. The minimum absolute atomic E-state index is 0.221. The normalized spacial score (nSPS) is 11.6. The van der Waals surface area contributed by atoms with Gasteiger partial charge in [-0.15, -0.1) is 0 Å². The van der Waals surface area contributed by atoms with E-state index in [-0.39, 0.29) is 5.56 Å². The van der Waals surface area contributed by atoms with Crippen LogP contribution in [0.5, 0.6) is 0 Å². The summed E-state index contributed by atoms with van der Waals surface area (Å²) in [5, 5.41) is 0. The largest absolute Gasteiger partial charge is 0.431 e. The number of hydrogen-bond donors (Lipinski definition) is 1. The highest BCUT2D eigenvalue weighted by Crippen LogP contribution is 2.29. The Morgan fingerprint density at radius 2 is 2.00 bits per heavy atom. The number of nitrogens with zero attached hydrogens (tertiary/aromatic N) is 2. The highest BCUT2D eigenvalue weighted by atomic mass is 19.4. The van der Waals surface area contributed by atoms with Crippen molar-refractivity contribution in [1.82, 2.24) is 15.0 Å². The number of pyridine rings is 1. The van der Waals surface area contributed by atoms with E-state index in [1.54, 1.807) is 4.98 Å². The molecule has 0 aliphatic heterocycles. The summed E-state index contributed by atoms with van der Waals surface area (Å²) >= 11 is 0. The number of rotatable bonds is 1. The van der Waals surface area contributed by atoms with Crippen molar-refractivity contribution < 1.29 is 17.6 Å². The SMILES string of the molecule is O=c1nc(-c2ccncc2F)cc(C(F)(F)F)[nH]1. The molecule has 18 heavy (non-hydrogen) atoms. The van der Waals surface area contributed by atoms with Crippen molar-refractivity contribution in [2.45, 2.75) is 6.18 Å². The monoisotopic (exact) mass is 259 g/mol. The minimum atomic E-state index is -4.74. The van der Waals surface area contributed by atoms with Crippen molar-refractivity contribution in [2.75, 3.05) is 0 Å². The number of aromatic nitrogens is 3. The van der Waals surface area contributed by atoms with E-state index in [0.29, 0.717) is 6.07 Å². The quantitative estimate of drug-likeness (QED) is 0.797. The molecule has 4 nitrogen and oxygen atoms in total. The summed E-state index contributed by atoms with van der Waals surface area (Å²) in [5.41, 5.74) is -3.10. The van der Waals surface area contributed by atoms with Gasteiger partial charge in [0.05, 0.1) is 11.9 Å². The lowest BCUT2D eigenvalue weighted by Gasteiger charge is -2.07. The lowest BCUT2D eigenvalue weighted by molar-refractivity contribution is -0.141. The first-order chi connectivity index (χ1) is 8.38. The lowest BCUT2D eigenvalue weighted by atomic mass is 10.1. The number of H-pyrrole nitrogens is 1. The number of hydrogen-bond acceptors (Lipinski definition) is 3. The Balaban J connectivity index is 2.63. The van der Waals surface area contributed by atoms with Gasteiger partial charge in [-0.05, 0) is 12.1 Å². The summed E-state index contributed by atoms with van der Waals surface area (Å²) in [4.78, 5) is 19.3. The second-order valence-electron chi connectivity index (χ2n) is 3.34. The zero-order valence-electron chi connectivity index (χ0n) is 8.62. The number of alkyl halides is 3. The molecule has 0 atom stereocenters. The maximum Gasteiger partial charge on any atom is 0.431 e. The van der Waals surface area contributed by atoms with Gasteiger partial charge in [-0.3, -0.25) is 4.98 Å². The third-order valence-corrected chi connectivity index (χ3v) is 2.10. The van der Waals surface area contributed by atoms with Crippen molar-refractivity contribution in [3.8, 4) is 11.3 Å². The zero-order valence-corrected chi connectivity index (χ0v) is 8.62. The van der Waals surface area contributed by atoms with Crippen LogP contribution < -0.4 is 5.69 Å². The first-order valence-electron chi connectivity index (χ1n) is 4.66. The smallest absolute Gasteiger partial charge is 0.302 e. The molecule has 0 aliphatic carbocycles. The molecule has 2 heterocycles. The maximum atomic E-state index is 13.3. The van der Waals surface area contributed by atoms with E-state index >= 15 is 0 Å². The van der Waals surface area contributed by atoms with Gasteiger partial charge in [0.15, 0.2) is 5.82 Å². The van der Waals surface area contributed by atoms with Crippen LogP contribution >= 0.6 is 0 Å². The molecule has 0 radical (unpaired) electrons. The molecule has 2 rings (SSSR count). The minimum Gasteiger partial charge on any atom is -0.302 e. The fourth-order valence-electron chi connectivity index (χ4n) is 1.33. The van der Waals surface area contributed by atoms with Gasteiger partial charge >= 0.3 is 11.9 Å². The molecule has 94 valence electrons. The van der Waals surface area contributed by atoms with E-state index in [9.17, 15) is 22.4 Å². The van der Waals surface area contributed by atoms with Crippen LogP contribution in [0.1, 0.15) is 5.69 Å². The Morgan fingerprint density at radius 1 is 1.28 bits per heavy atom. The van der Waals surface area contributed by atoms with Crippen LogP contribution in [0.25, 0.3) is 11.3 Å². The summed E-state index contributed by atoms with van der Waals surface area (Å²) in [6.07, 6.45) is -2.72. The summed E-state index contributed by atoms with van der Waals surface area (Å²) < 4.78 is 50.7. The van der Waals surface area contributed by atoms with Crippen LogP contribution in [0, 0.1) is 5.82 Å². The Morgan fingerprint density at radius 3 is 2.61 bits per heavy atom. The van der Waals surface area contributed by atoms with Gasteiger partial charge in [-0.2, -0.15) is 18.2 Å². The van der Waals surface area contributed by atoms with Crippen LogP contribution in [0.4, 0.5) is 17.6 Å². The second-order valence-corrected chi connectivity index (χ2v) is 3.34. The molecule has 0 aliphatic rings. The van der Waals surface area contributed by atoms with Crippen LogP contribution in [-0.2, 0) is 6.18 Å². The van der Waals surface area contributed by atoms with Crippen LogP contribution in [0.3, 0.4) is 0 Å². The molecule has 0 spiro atoms. The Labute approximate surface area is 97.3 Å². The molecule has 0 fully saturated rings. The molecule has 0 unspecified atom stereocenters. The molecule has 0 saturated carbocycles. The van der Waals surface area contributed by atoms with Crippen LogP contribution in [0.15, 0.2) is 29.3 Å². The predicted molar refractivity (Wildman–Crippen MR) is 53.0 cm³/mol. The topological polar surface area (TPSA) is 58.6 Å². The highest BCUT2D eigenvalue weighted by Gasteiger charge is 2.32. The number of aromatic amines is 1. The fourth-order valence-corrected chi connectivity index (χ4v) is 1.33. The molecule has 0 bridgehead atoms. The lowest BCUT2D eigenvalue weighted by Crippen LogP contribution is -2.19. The first kappa shape index (κ1) is 12.2. The van der Waals surface area contributed by atoms with Gasteiger partial charge in [0.25, 0.3) is 0 Å². The van der Waals surface area contributed by atoms with E-state index < -0.39 is 29.1 Å². The standard InChI is InChI=1S/C10H5F4N3O/c11-6-4-15-2-1-5(6)7-3-8(10(12,13)14)17-9(18)16-7/h1-4H,(H,16,17,18). The highest BCUT2D eigenvalue weighted by molar-refractivity contribution is 5.59. The molecule has 0 aromatic carbocycles. The van der Waals surface area contributed by atoms with E-state index in [1.807, 2.05) is 0 Å². The Bertz CT molecular complexity index is 636. The average Bonchev–Trinajstić information content (AvgIpc) is 2.27. The van der Waals surface area contributed by atoms with Crippen molar-refractivity contribution in [3.05, 3.63) is 46.5 Å². The van der Waals surface area contributed by atoms with E-state index in [2.05, 4.69) is 9.97 Å². The molecule has 1 N–H and O–H groups in total. The van der Waals surface area contributed by atoms with Crippen molar-refractivity contribution in [3.63, 3.8) is 0 Å². The van der Waals surface area contributed by atoms with Crippen molar-refractivity contribution >= 4 is 0 Å². The summed E-state index contributed by atoms with van der Waals surface area (Å²) in [5.74, 6) is -0.858. The van der Waals surface area contributed by atoms with E-state index in [4.69, 9.17) is 0 Å². The molecule has 8 heteroatoms. The van der Waals surface area contributed by atoms with Crippen LogP contribution in [-0.4, -0.2) is 15.0 Å². The third-order valence-electron chi connectivity index (χ3n) is 2.10. The average molecular weight is 259 g/mol. The van der Waals surface area contributed by atoms with Gasteiger partial charge in [0.2, 0.25) is 0 Å². The number of halogens is 4. The van der Waals surface area contributed by atoms with Crippen molar-refractivity contribution in [1.29, 1.82) is 0 Å². The van der Waals surface area contributed by atoms with Gasteiger partial charge in [0.1, 0.15) is 5.69 Å².